The van der Waals surface area contributed by atoms with Gasteiger partial charge in [-0.3, -0.25) is 19.4 Å². The highest BCUT2D eigenvalue weighted by Crippen LogP contribution is 2.46. The fraction of sp³-hybridized carbons (Fsp3) is 0.556. The van der Waals surface area contributed by atoms with Crippen molar-refractivity contribution in [3.8, 4) is 0 Å². The fourth-order valence-corrected chi connectivity index (χ4v) is 4.18. The van der Waals surface area contributed by atoms with Gasteiger partial charge in [-0.25, -0.2) is 0 Å². The maximum atomic E-state index is 12.5. The number of rotatable bonds is 4. The third-order valence-electron chi connectivity index (χ3n) is 5.25. The number of carbonyl (C=O) groups is 2. The molecule has 2 fully saturated rings. The van der Waals surface area contributed by atoms with Crippen molar-refractivity contribution in [2.45, 2.75) is 32.1 Å². The van der Waals surface area contributed by atoms with Crippen LogP contribution in [0, 0.1) is 5.41 Å². The van der Waals surface area contributed by atoms with Gasteiger partial charge in [-0.1, -0.05) is 30.3 Å². The van der Waals surface area contributed by atoms with Crippen LogP contribution in [0.3, 0.4) is 0 Å². The predicted octanol–water partition coefficient (Wildman–Crippen LogP) is 1.25. The van der Waals surface area contributed by atoms with Crippen LogP contribution in [0.1, 0.15) is 18.9 Å². The van der Waals surface area contributed by atoms with E-state index in [0.29, 0.717) is 6.42 Å². The largest absolute Gasteiger partial charge is 0.469 e. The highest BCUT2D eigenvalue weighted by molar-refractivity contribution is 5.82. The van der Waals surface area contributed by atoms with Crippen LogP contribution < -0.4 is 0 Å². The molecule has 1 aromatic carbocycles. The zero-order valence-corrected chi connectivity index (χ0v) is 14.4. The smallest absolute Gasteiger partial charge is 0.323 e. The average molecular weight is 332 g/mol. The van der Waals surface area contributed by atoms with Gasteiger partial charge < -0.3 is 9.47 Å². The van der Waals surface area contributed by atoms with Crippen molar-refractivity contribution >= 4 is 11.9 Å². The average Bonchev–Trinajstić information content (AvgIpc) is 3.15. The first-order valence-electron chi connectivity index (χ1n) is 8.21. The highest BCUT2D eigenvalue weighted by Gasteiger charge is 2.60. The Labute approximate surface area is 142 Å². The van der Waals surface area contributed by atoms with E-state index in [4.69, 9.17) is 9.47 Å². The van der Waals surface area contributed by atoms with Gasteiger partial charge in [-0.2, -0.15) is 0 Å². The molecule has 2 saturated heterocycles. The molecule has 1 aromatic rings. The van der Waals surface area contributed by atoms with E-state index in [1.54, 1.807) is 0 Å². The Morgan fingerprint density at radius 3 is 2.50 bits per heavy atom. The lowest BCUT2D eigenvalue weighted by molar-refractivity contribution is -0.155. The number of esters is 2. The topological polar surface area (TPSA) is 59.1 Å². The molecule has 0 aliphatic carbocycles. The standard InChI is InChI=1S/C18H24N2O4/c1-18(17(22)24-3)11-14(15(21)23-2)20-10-9-19(16(18)20)12-13-7-5-4-6-8-13/h4-8,14,16H,9-12H2,1-3H3/t14-,16-,18+/m1/s1. The molecule has 0 saturated carbocycles. The van der Waals surface area contributed by atoms with E-state index in [-0.39, 0.29) is 18.1 Å². The quantitative estimate of drug-likeness (QED) is 0.774. The molecule has 0 spiro atoms. The molecule has 2 aliphatic rings. The summed E-state index contributed by atoms with van der Waals surface area (Å²) >= 11 is 0. The lowest BCUT2D eigenvalue weighted by Crippen LogP contribution is -2.49. The molecule has 3 atom stereocenters. The second-order valence-corrected chi connectivity index (χ2v) is 6.72. The molecule has 0 N–H and O–H groups in total. The van der Waals surface area contributed by atoms with Gasteiger partial charge in [-0.15, -0.1) is 0 Å². The van der Waals surface area contributed by atoms with E-state index < -0.39 is 11.5 Å². The van der Waals surface area contributed by atoms with Gasteiger partial charge in [0, 0.05) is 19.6 Å². The molecule has 2 aliphatic heterocycles. The van der Waals surface area contributed by atoms with Crippen molar-refractivity contribution < 1.29 is 19.1 Å². The van der Waals surface area contributed by atoms with Crippen molar-refractivity contribution in [1.82, 2.24) is 9.80 Å². The van der Waals surface area contributed by atoms with Crippen LogP contribution in [0.4, 0.5) is 0 Å². The Kier molecular flexibility index (Phi) is 4.60. The third kappa shape index (κ3) is 2.70. The molecular formula is C18H24N2O4. The van der Waals surface area contributed by atoms with Crippen LogP contribution in [0.5, 0.6) is 0 Å². The van der Waals surface area contributed by atoms with Crippen LogP contribution in [-0.2, 0) is 25.6 Å². The number of nitrogens with zero attached hydrogens (tertiary/aromatic N) is 2. The molecule has 0 unspecified atom stereocenters. The van der Waals surface area contributed by atoms with Gasteiger partial charge in [0.2, 0.25) is 0 Å². The molecule has 2 heterocycles. The fourth-order valence-electron chi connectivity index (χ4n) is 4.18. The van der Waals surface area contributed by atoms with E-state index in [0.717, 1.165) is 19.6 Å². The first kappa shape index (κ1) is 16.9. The van der Waals surface area contributed by atoms with Crippen LogP contribution in [0.25, 0.3) is 0 Å². The second-order valence-electron chi connectivity index (χ2n) is 6.72. The Hall–Kier alpha value is -1.92. The molecule has 0 bridgehead atoms. The number of carbonyl (C=O) groups excluding carboxylic acids is 2. The van der Waals surface area contributed by atoms with Gasteiger partial charge in [0.25, 0.3) is 0 Å². The summed E-state index contributed by atoms with van der Waals surface area (Å²) in [6, 6.07) is 9.75. The van der Waals surface area contributed by atoms with Gasteiger partial charge in [0.1, 0.15) is 6.04 Å². The summed E-state index contributed by atoms with van der Waals surface area (Å²) in [7, 11) is 2.79. The maximum Gasteiger partial charge on any atom is 0.323 e. The summed E-state index contributed by atoms with van der Waals surface area (Å²) in [5.41, 5.74) is 0.437. The van der Waals surface area contributed by atoms with Gasteiger partial charge >= 0.3 is 11.9 Å². The Morgan fingerprint density at radius 1 is 1.17 bits per heavy atom. The number of benzene rings is 1. The van der Waals surface area contributed by atoms with Crippen LogP contribution in [0.15, 0.2) is 30.3 Å². The first-order chi connectivity index (χ1) is 11.5. The molecule has 6 heteroatoms. The zero-order valence-electron chi connectivity index (χ0n) is 14.4. The molecule has 6 nitrogen and oxygen atoms in total. The minimum atomic E-state index is -0.751. The summed E-state index contributed by atoms with van der Waals surface area (Å²) < 4.78 is 10.0. The number of fused-ring (bicyclic) bond motifs is 1. The summed E-state index contributed by atoms with van der Waals surface area (Å²) in [6.07, 6.45) is 0.261. The van der Waals surface area contributed by atoms with Crippen molar-refractivity contribution in [2.75, 3.05) is 27.3 Å². The molecule has 0 radical (unpaired) electrons. The number of hydrogen-bond acceptors (Lipinski definition) is 6. The summed E-state index contributed by atoms with van der Waals surface area (Å²) in [4.78, 5) is 29.0. The SMILES string of the molecule is COC(=O)[C@H]1C[C@](C)(C(=O)OC)[C@@H]2N(Cc3ccccc3)CCN12. The van der Waals surface area contributed by atoms with Crippen molar-refractivity contribution in [3.05, 3.63) is 35.9 Å². The lowest BCUT2D eigenvalue weighted by atomic mass is 9.84. The summed E-state index contributed by atoms with van der Waals surface area (Å²) in [6.45, 7) is 4.18. The summed E-state index contributed by atoms with van der Waals surface area (Å²) in [5, 5.41) is 0. The van der Waals surface area contributed by atoms with E-state index in [1.165, 1.54) is 19.8 Å². The number of methoxy groups -OCH3 is 2. The van der Waals surface area contributed by atoms with Gasteiger partial charge in [0.05, 0.1) is 25.8 Å². The Balaban J connectivity index is 1.90. The normalized spacial score (nSPS) is 30.1. The Morgan fingerprint density at radius 2 is 1.88 bits per heavy atom. The number of ether oxygens (including phenoxy) is 2. The third-order valence-corrected chi connectivity index (χ3v) is 5.25. The first-order valence-corrected chi connectivity index (χ1v) is 8.21. The molecule has 0 aromatic heterocycles. The second kappa shape index (κ2) is 6.53. The van der Waals surface area contributed by atoms with Crippen molar-refractivity contribution in [3.63, 3.8) is 0 Å². The van der Waals surface area contributed by atoms with Gasteiger partial charge in [0.15, 0.2) is 0 Å². The monoisotopic (exact) mass is 332 g/mol. The van der Waals surface area contributed by atoms with E-state index in [9.17, 15) is 9.59 Å². The zero-order chi connectivity index (χ0) is 17.3. The van der Waals surface area contributed by atoms with E-state index in [2.05, 4.69) is 21.9 Å². The number of hydrogen-bond donors (Lipinski definition) is 0. The molecular weight excluding hydrogens is 308 g/mol. The molecule has 130 valence electrons. The van der Waals surface area contributed by atoms with E-state index >= 15 is 0 Å². The van der Waals surface area contributed by atoms with E-state index in [1.807, 2.05) is 25.1 Å². The molecule has 0 amide bonds. The maximum absolute atomic E-state index is 12.5. The minimum Gasteiger partial charge on any atom is -0.469 e. The molecule has 24 heavy (non-hydrogen) atoms. The van der Waals surface area contributed by atoms with Gasteiger partial charge in [-0.05, 0) is 18.9 Å². The predicted molar refractivity (Wildman–Crippen MR) is 87.9 cm³/mol. The summed E-state index contributed by atoms with van der Waals surface area (Å²) in [5.74, 6) is -0.557. The van der Waals surface area contributed by atoms with Crippen LogP contribution >= 0.6 is 0 Å². The van der Waals surface area contributed by atoms with Crippen molar-refractivity contribution in [2.24, 2.45) is 5.41 Å². The van der Waals surface area contributed by atoms with Crippen molar-refractivity contribution in [1.29, 1.82) is 0 Å². The lowest BCUT2D eigenvalue weighted by Gasteiger charge is -2.35. The van der Waals surface area contributed by atoms with Crippen LogP contribution in [0.2, 0.25) is 0 Å². The molecule has 3 rings (SSSR count). The Bertz CT molecular complexity index is 621. The van der Waals surface area contributed by atoms with Crippen LogP contribution in [-0.4, -0.2) is 61.3 Å². The highest BCUT2D eigenvalue weighted by atomic mass is 16.5. The minimum absolute atomic E-state index is 0.158.